The molecule has 420 valence electrons. The van der Waals surface area contributed by atoms with Crippen molar-refractivity contribution in [1.29, 1.82) is 0 Å². The molecule has 6 nitrogen and oxygen atoms in total. The van der Waals surface area contributed by atoms with Gasteiger partial charge in [0, 0.05) is 19.3 Å². The Bertz CT molecular complexity index is 1250. The van der Waals surface area contributed by atoms with Crippen molar-refractivity contribution in [3.8, 4) is 0 Å². The third kappa shape index (κ3) is 58.3. The summed E-state index contributed by atoms with van der Waals surface area (Å²) in [7, 11) is 0. The van der Waals surface area contributed by atoms with Crippen molar-refractivity contribution in [2.45, 2.75) is 341 Å². The molecule has 0 bridgehead atoms. The summed E-state index contributed by atoms with van der Waals surface area (Å²) in [6.45, 7) is 6.64. The van der Waals surface area contributed by atoms with Crippen LogP contribution >= 0.6 is 0 Å². The van der Waals surface area contributed by atoms with Crippen molar-refractivity contribution in [1.82, 2.24) is 0 Å². The first kappa shape index (κ1) is 69.4. The van der Waals surface area contributed by atoms with Crippen LogP contribution in [0.15, 0.2) is 48.6 Å². The highest BCUT2D eigenvalue weighted by atomic mass is 16.6. The zero-order valence-corrected chi connectivity index (χ0v) is 48.2. The molecule has 0 heterocycles. The number of carbonyl (C=O) groups excluding carboxylic acids is 3. The van der Waals surface area contributed by atoms with Crippen molar-refractivity contribution in [3.63, 3.8) is 0 Å². The van der Waals surface area contributed by atoms with Crippen LogP contribution in [0.2, 0.25) is 0 Å². The van der Waals surface area contributed by atoms with Gasteiger partial charge >= 0.3 is 17.9 Å². The fourth-order valence-electron chi connectivity index (χ4n) is 9.27. The molecule has 0 saturated carbocycles. The first-order valence-corrected chi connectivity index (χ1v) is 31.6. The molecule has 0 spiro atoms. The van der Waals surface area contributed by atoms with Gasteiger partial charge in [0.15, 0.2) is 6.10 Å². The fraction of sp³-hybridized carbons (Fsp3) is 0.833. The summed E-state index contributed by atoms with van der Waals surface area (Å²) in [4.78, 5) is 38.3. The summed E-state index contributed by atoms with van der Waals surface area (Å²) in [6, 6.07) is 0. The lowest BCUT2D eigenvalue weighted by molar-refractivity contribution is -0.167. The van der Waals surface area contributed by atoms with Gasteiger partial charge in [0.1, 0.15) is 13.2 Å². The Hall–Kier alpha value is -2.63. The smallest absolute Gasteiger partial charge is 0.306 e. The molecule has 0 aromatic carbocycles. The zero-order chi connectivity index (χ0) is 52.2. The van der Waals surface area contributed by atoms with E-state index in [2.05, 4.69) is 69.4 Å². The van der Waals surface area contributed by atoms with Gasteiger partial charge in [-0.2, -0.15) is 0 Å². The maximum Gasteiger partial charge on any atom is 0.306 e. The first-order chi connectivity index (χ1) is 35.5. The summed E-state index contributed by atoms with van der Waals surface area (Å²) in [5.41, 5.74) is 0. The second-order valence-corrected chi connectivity index (χ2v) is 21.3. The molecule has 0 N–H and O–H groups in total. The Kier molecular flexibility index (Phi) is 58.7. The molecule has 0 aliphatic rings. The van der Waals surface area contributed by atoms with Gasteiger partial charge in [0.05, 0.1) is 0 Å². The molecule has 0 aromatic rings. The highest BCUT2D eigenvalue weighted by Gasteiger charge is 2.19. The van der Waals surface area contributed by atoms with Crippen LogP contribution in [0.25, 0.3) is 0 Å². The van der Waals surface area contributed by atoms with Crippen LogP contribution in [0.4, 0.5) is 0 Å². The third-order valence-electron chi connectivity index (χ3n) is 14.1. The molecule has 0 rings (SSSR count). The van der Waals surface area contributed by atoms with Crippen molar-refractivity contribution in [2.75, 3.05) is 13.2 Å². The summed E-state index contributed by atoms with van der Waals surface area (Å²) < 4.78 is 16.9. The van der Waals surface area contributed by atoms with E-state index in [-0.39, 0.29) is 31.1 Å². The highest BCUT2D eigenvalue weighted by molar-refractivity contribution is 5.71. The zero-order valence-electron chi connectivity index (χ0n) is 48.2. The number of hydrogen-bond acceptors (Lipinski definition) is 6. The summed E-state index contributed by atoms with van der Waals surface area (Å²) in [6.07, 6.45) is 75.3. The molecule has 1 unspecified atom stereocenters. The molecule has 1 atom stereocenters. The molecule has 0 aliphatic carbocycles. The number of rotatable bonds is 58. The van der Waals surface area contributed by atoms with Crippen molar-refractivity contribution >= 4 is 17.9 Å². The van der Waals surface area contributed by atoms with Gasteiger partial charge in [-0.1, -0.05) is 281 Å². The molecule has 72 heavy (non-hydrogen) atoms. The standard InChI is InChI=1S/C66H120O6/c1-4-7-10-13-16-19-22-25-28-31-33-36-38-41-44-47-50-53-56-59-65(68)71-62-63(61-70-64(67)58-55-52-49-46-43-40-37-34-30-27-24-21-18-15-12-9-6-3)72-66(69)60-57-54-51-48-45-42-39-35-32-29-26-23-20-17-14-11-8-5-2/h18,20-21,23,27,29-30,32,63H,4-17,19,22,24-26,28,31,33-62H2,1-3H3/b21-18-,23-20-,30-27-,32-29-. The van der Waals surface area contributed by atoms with E-state index in [0.29, 0.717) is 19.3 Å². The molecule has 0 radical (unpaired) electrons. The van der Waals surface area contributed by atoms with E-state index >= 15 is 0 Å². The van der Waals surface area contributed by atoms with Crippen LogP contribution in [0.3, 0.4) is 0 Å². The summed E-state index contributed by atoms with van der Waals surface area (Å²) >= 11 is 0. The summed E-state index contributed by atoms with van der Waals surface area (Å²) in [5, 5.41) is 0. The third-order valence-corrected chi connectivity index (χ3v) is 14.1. The van der Waals surface area contributed by atoms with E-state index in [1.807, 2.05) is 0 Å². The van der Waals surface area contributed by atoms with E-state index in [1.165, 1.54) is 212 Å². The van der Waals surface area contributed by atoms with Gasteiger partial charge in [-0.15, -0.1) is 0 Å². The lowest BCUT2D eigenvalue weighted by Crippen LogP contribution is -2.30. The Morgan fingerprint density at radius 3 is 0.806 bits per heavy atom. The minimum Gasteiger partial charge on any atom is -0.462 e. The second kappa shape index (κ2) is 60.9. The van der Waals surface area contributed by atoms with Crippen LogP contribution in [0.5, 0.6) is 0 Å². The monoisotopic (exact) mass is 1010 g/mol. The van der Waals surface area contributed by atoms with Gasteiger partial charge in [0.25, 0.3) is 0 Å². The molecule has 0 aromatic heterocycles. The maximum absolute atomic E-state index is 12.9. The van der Waals surface area contributed by atoms with Crippen LogP contribution in [-0.2, 0) is 28.6 Å². The Labute approximate surface area is 448 Å². The molecular weight excluding hydrogens is 889 g/mol. The predicted molar refractivity (Wildman–Crippen MR) is 312 cm³/mol. The van der Waals surface area contributed by atoms with Gasteiger partial charge in [0.2, 0.25) is 0 Å². The maximum atomic E-state index is 12.9. The molecule has 0 amide bonds. The van der Waals surface area contributed by atoms with E-state index in [4.69, 9.17) is 14.2 Å². The van der Waals surface area contributed by atoms with E-state index in [0.717, 1.165) is 83.5 Å². The lowest BCUT2D eigenvalue weighted by Gasteiger charge is -2.18. The van der Waals surface area contributed by atoms with E-state index < -0.39 is 6.10 Å². The molecule has 0 saturated heterocycles. The fourth-order valence-corrected chi connectivity index (χ4v) is 9.27. The topological polar surface area (TPSA) is 78.9 Å². The normalized spacial score (nSPS) is 12.3. The van der Waals surface area contributed by atoms with Crippen molar-refractivity contribution in [2.24, 2.45) is 0 Å². The first-order valence-electron chi connectivity index (χ1n) is 31.6. The second-order valence-electron chi connectivity index (χ2n) is 21.3. The minimum absolute atomic E-state index is 0.0754. The SMILES string of the molecule is CCCCC/C=C\C/C=C\CCCCCCCCCC(=O)OCC(COC(=O)CCCCCCCCCCCCCCCCCCCCC)OC(=O)CCCCCCCCC/C=C\C/C=C\CCCCCC. The molecular formula is C66H120O6. The Balaban J connectivity index is 4.36. The van der Waals surface area contributed by atoms with Crippen LogP contribution in [-0.4, -0.2) is 37.2 Å². The van der Waals surface area contributed by atoms with Crippen LogP contribution in [0.1, 0.15) is 335 Å². The average molecular weight is 1010 g/mol. The largest absolute Gasteiger partial charge is 0.462 e. The average Bonchev–Trinajstić information content (AvgIpc) is 3.38. The highest BCUT2D eigenvalue weighted by Crippen LogP contribution is 2.17. The van der Waals surface area contributed by atoms with Gasteiger partial charge in [-0.25, -0.2) is 0 Å². The van der Waals surface area contributed by atoms with Gasteiger partial charge < -0.3 is 14.2 Å². The molecule has 0 fully saturated rings. The van der Waals surface area contributed by atoms with E-state index in [1.54, 1.807) is 0 Å². The number of ether oxygens (including phenoxy) is 3. The lowest BCUT2D eigenvalue weighted by atomic mass is 10.0. The van der Waals surface area contributed by atoms with Crippen LogP contribution in [0, 0.1) is 0 Å². The number of esters is 3. The number of unbranched alkanes of at least 4 members (excludes halogenated alkanes) is 39. The number of carbonyl (C=O) groups is 3. The van der Waals surface area contributed by atoms with E-state index in [9.17, 15) is 14.4 Å². The van der Waals surface area contributed by atoms with Gasteiger partial charge in [-0.3, -0.25) is 14.4 Å². The predicted octanol–water partition coefficient (Wildman–Crippen LogP) is 21.4. The van der Waals surface area contributed by atoms with Crippen molar-refractivity contribution in [3.05, 3.63) is 48.6 Å². The Morgan fingerprint density at radius 2 is 0.500 bits per heavy atom. The summed E-state index contributed by atoms with van der Waals surface area (Å²) in [5.74, 6) is -0.871. The molecule has 6 heteroatoms. The Morgan fingerprint density at radius 1 is 0.278 bits per heavy atom. The quantitative estimate of drug-likeness (QED) is 0.0261. The van der Waals surface area contributed by atoms with Crippen molar-refractivity contribution < 1.29 is 28.6 Å². The number of hydrogen-bond donors (Lipinski definition) is 0. The minimum atomic E-state index is -0.780. The van der Waals surface area contributed by atoms with Crippen LogP contribution < -0.4 is 0 Å². The number of allylic oxidation sites excluding steroid dienone is 8. The molecule has 0 aliphatic heterocycles. The van der Waals surface area contributed by atoms with Gasteiger partial charge in [-0.05, 0) is 83.5 Å².